The number of hydrogen-bond donors (Lipinski definition) is 3. The Morgan fingerprint density at radius 1 is 1.26 bits per heavy atom. The molecule has 2 rings (SSSR count). The third kappa shape index (κ3) is 3.71. The molecule has 2 aromatic rings. The smallest absolute Gasteiger partial charge is 0.272 e. The van der Waals surface area contributed by atoms with Gasteiger partial charge >= 0.3 is 0 Å². The number of nitrogens with zero attached hydrogens (tertiary/aromatic N) is 1. The fraction of sp³-hybridized carbons (Fsp3) is 0.267. The molecule has 0 spiro atoms. The molecule has 8 heteroatoms. The number of benzene rings is 1. The molecule has 0 saturated carbocycles. The van der Waals surface area contributed by atoms with E-state index in [0.717, 1.165) is 17.8 Å². The van der Waals surface area contributed by atoms with Crippen molar-refractivity contribution in [2.45, 2.75) is 19.4 Å². The van der Waals surface area contributed by atoms with Gasteiger partial charge < -0.3 is 10.6 Å². The predicted octanol–water partition coefficient (Wildman–Crippen LogP) is 1.47. The fourth-order valence-electron chi connectivity index (χ4n) is 2.00. The van der Waals surface area contributed by atoms with Gasteiger partial charge in [0.25, 0.3) is 5.91 Å². The molecule has 0 aliphatic heterocycles. The SMILES string of the molecule is CCc1cc(C(=O)NC(C(=O)NC)c2ccc(F)c(F)c2)n[nH]1. The minimum Gasteiger partial charge on any atom is -0.357 e. The summed E-state index contributed by atoms with van der Waals surface area (Å²) in [6, 6.07) is 3.40. The van der Waals surface area contributed by atoms with E-state index in [2.05, 4.69) is 20.8 Å². The Labute approximate surface area is 131 Å². The van der Waals surface area contributed by atoms with Gasteiger partial charge in [0.15, 0.2) is 11.6 Å². The minimum absolute atomic E-state index is 0.110. The van der Waals surface area contributed by atoms with Crippen LogP contribution in [0.2, 0.25) is 0 Å². The van der Waals surface area contributed by atoms with Crippen LogP contribution in [0.25, 0.3) is 0 Å². The van der Waals surface area contributed by atoms with Crippen molar-refractivity contribution >= 4 is 11.8 Å². The number of nitrogens with one attached hydrogen (secondary N) is 3. The first-order chi connectivity index (χ1) is 11.0. The number of likely N-dealkylation sites (N-methyl/N-ethyl adjacent to an activating group) is 1. The summed E-state index contributed by atoms with van der Waals surface area (Å²) in [5, 5.41) is 11.4. The molecule has 0 radical (unpaired) electrons. The van der Waals surface area contributed by atoms with Crippen molar-refractivity contribution in [2.24, 2.45) is 0 Å². The van der Waals surface area contributed by atoms with Gasteiger partial charge in [-0.15, -0.1) is 0 Å². The first kappa shape index (κ1) is 16.6. The summed E-state index contributed by atoms with van der Waals surface area (Å²) < 4.78 is 26.4. The lowest BCUT2D eigenvalue weighted by atomic mass is 10.1. The van der Waals surface area contributed by atoms with Crippen LogP contribution in [-0.4, -0.2) is 29.1 Å². The second-order valence-electron chi connectivity index (χ2n) is 4.83. The topological polar surface area (TPSA) is 86.9 Å². The van der Waals surface area contributed by atoms with Crippen LogP contribution >= 0.6 is 0 Å². The number of carbonyl (C=O) groups excluding carboxylic acids is 2. The van der Waals surface area contributed by atoms with E-state index in [4.69, 9.17) is 0 Å². The van der Waals surface area contributed by atoms with Crippen LogP contribution in [0, 0.1) is 11.6 Å². The van der Waals surface area contributed by atoms with Gasteiger partial charge in [0.05, 0.1) is 0 Å². The molecule has 122 valence electrons. The maximum atomic E-state index is 13.4. The van der Waals surface area contributed by atoms with Crippen LogP contribution in [0.1, 0.15) is 34.7 Å². The van der Waals surface area contributed by atoms with Crippen molar-refractivity contribution in [1.82, 2.24) is 20.8 Å². The first-order valence-corrected chi connectivity index (χ1v) is 6.98. The van der Waals surface area contributed by atoms with Crippen LogP contribution in [-0.2, 0) is 11.2 Å². The zero-order valence-corrected chi connectivity index (χ0v) is 12.6. The molecule has 1 heterocycles. The molecule has 0 fully saturated rings. The third-order valence-corrected chi connectivity index (χ3v) is 3.31. The third-order valence-electron chi connectivity index (χ3n) is 3.31. The second-order valence-corrected chi connectivity index (χ2v) is 4.83. The van der Waals surface area contributed by atoms with Crippen molar-refractivity contribution in [2.75, 3.05) is 7.05 Å². The normalized spacial score (nSPS) is 11.8. The molecule has 0 saturated heterocycles. The molecule has 1 aromatic carbocycles. The molecule has 1 aromatic heterocycles. The van der Waals surface area contributed by atoms with Gasteiger partial charge in [-0.3, -0.25) is 14.7 Å². The van der Waals surface area contributed by atoms with E-state index in [9.17, 15) is 18.4 Å². The van der Waals surface area contributed by atoms with E-state index in [-0.39, 0.29) is 11.3 Å². The van der Waals surface area contributed by atoms with E-state index in [1.807, 2.05) is 6.92 Å². The number of carbonyl (C=O) groups is 2. The summed E-state index contributed by atoms with van der Waals surface area (Å²) in [7, 11) is 1.38. The number of halogens is 2. The Kier molecular flexibility index (Phi) is 5.05. The Balaban J connectivity index is 2.26. The van der Waals surface area contributed by atoms with E-state index in [1.54, 1.807) is 6.07 Å². The molecular formula is C15H16F2N4O2. The largest absolute Gasteiger partial charge is 0.357 e. The Morgan fingerprint density at radius 2 is 2.00 bits per heavy atom. The summed E-state index contributed by atoms with van der Waals surface area (Å²) in [5.74, 6) is -3.29. The van der Waals surface area contributed by atoms with Gasteiger partial charge in [-0.2, -0.15) is 5.10 Å². The Morgan fingerprint density at radius 3 is 2.57 bits per heavy atom. The average Bonchev–Trinajstić information content (AvgIpc) is 3.03. The molecular weight excluding hydrogens is 306 g/mol. The molecule has 6 nitrogen and oxygen atoms in total. The lowest BCUT2D eigenvalue weighted by molar-refractivity contribution is -0.122. The van der Waals surface area contributed by atoms with Gasteiger partial charge in [0, 0.05) is 12.7 Å². The summed E-state index contributed by atoms with van der Waals surface area (Å²) in [4.78, 5) is 24.2. The van der Waals surface area contributed by atoms with Crippen molar-refractivity contribution < 1.29 is 18.4 Å². The van der Waals surface area contributed by atoms with Crippen LogP contribution in [0.5, 0.6) is 0 Å². The van der Waals surface area contributed by atoms with Crippen LogP contribution in [0.15, 0.2) is 24.3 Å². The summed E-state index contributed by atoms with van der Waals surface area (Å²) in [6.45, 7) is 1.89. The van der Waals surface area contributed by atoms with E-state index >= 15 is 0 Å². The monoisotopic (exact) mass is 322 g/mol. The van der Waals surface area contributed by atoms with Crippen molar-refractivity contribution in [1.29, 1.82) is 0 Å². The second kappa shape index (κ2) is 6.99. The van der Waals surface area contributed by atoms with Crippen molar-refractivity contribution in [3.63, 3.8) is 0 Å². The number of rotatable bonds is 5. The van der Waals surface area contributed by atoms with Crippen LogP contribution < -0.4 is 10.6 Å². The molecule has 0 bridgehead atoms. The maximum Gasteiger partial charge on any atom is 0.272 e. The zero-order valence-electron chi connectivity index (χ0n) is 12.6. The minimum atomic E-state index is -1.16. The predicted molar refractivity (Wildman–Crippen MR) is 78.6 cm³/mol. The summed E-state index contributed by atoms with van der Waals surface area (Å²) in [5.41, 5.74) is 1.00. The molecule has 2 amide bonds. The maximum absolute atomic E-state index is 13.4. The molecule has 1 atom stereocenters. The van der Waals surface area contributed by atoms with Crippen molar-refractivity contribution in [3.05, 3.63) is 52.9 Å². The highest BCUT2D eigenvalue weighted by Crippen LogP contribution is 2.17. The number of H-pyrrole nitrogens is 1. The number of hydrogen-bond acceptors (Lipinski definition) is 3. The highest BCUT2D eigenvalue weighted by Gasteiger charge is 2.24. The van der Waals surface area contributed by atoms with Crippen LogP contribution in [0.4, 0.5) is 8.78 Å². The van der Waals surface area contributed by atoms with E-state index in [0.29, 0.717) is 6.42 Å². The molecule has 0 aliphatic carbocycles. The highest BCUT2D eigenvalue weighted by molar-refractivity contribution is 5.96. The number of aryl methyl sites for hydroxylation is 1. The number of amides is 2. The van der Waals surface area contributed by atoms with E-state index in [1.165, 1.54) is 13.1 Å². The first-order valence-electron chi connectivity index (χ1n) is 6.98. The Hall–Kier alpha value is -2.77. The van der Waals surface area contributed by atoms with Gasteiger partial charge in [0.1, 0.15) is 11.7 Å². The van der Waals surface area contributed by atoms with Gasteiger partial charge in [-0.25, -0.2) is 8.78 Å². The molecule has 1 unspecified atom stereocenters. The average molecular weight is 322 g/mol. The van der Waals surface area contributed by atoms with E-state index < -0.39 is 29.5 Å². The van der Waals surface area contributed by atoms with Gasteiger partial charge in [0.2, 0.25) is 5.91 Å². The van der Waals surface area contributed by atoms with Crippen LogP contribution in [0.3, 0.4) is 0 Å². The summed E-state index contributed by atoms with van der Waals surface area (Å²) in [6.07, 6.45) is 0.669. The number of aromatic nitrogens is 2. The summed E-state index contributed by atoms with van der Waals surface area (Å²) >= 11 is 0. The Bertz CT molecular complexity index is 730. The van der Waals surface area contributed by atoms with Gasteiger partial charge in [-0.05, 0) is 30.2 Å². The molecule has 23 heavy (non-hydrogen) atoms. The van der Waals surface area contributed by atoms with Crippen molar-refractivity contribution in [3.8, 4) is 0 Å². The quantitative estimate of drug-likeness (QED) is 0.779. The lowest BCUT2D eigenvalue weighted by Gasteiger charge is -2.17. The standard InChI is InChI=1S/C15H16F2N4O2/c1-3-9-7-12(21-20-9)14(22)19-13(15(23)18-2)8-4-5-10(16)11(17)6-8/h4-7,13H,3H2,1-2H3,(H,18,23)(H,19,22)(H,20,21). The molecule has 0 aliphatic rings. The fourth-order valence-corrected chi connectivity index (χ4v) is 2.00. The highest BCUT2D eigenvalue weighted by atomic mass is 19.2. The van der Waals surface area contributed by atoms with Gasteiger partial charge in [-0.1, -0.05) is 13.0 Å². The number of aromatic amines is 1. The molecule has 3 N–H and O–H groups in total. The zero-order chi connectivity index (χ0) is 17.0. The lowest BCUT2D eigenvalue weighted by Crippen LogP contribution is -2.39.